The Morgan fingerprint density at radius 2 is 1.78 bits per heavy atom. The standard InChI is InChI=1S/C15H16ClNO/c1-2-17(13-8-4-3-5-9-13)15-12(11-18)7-6-10-14(15)16/h3-10,18H,2,11H2,1H3. The average molecular weight is 262 g/mol. The third-order valence-corrected chi connectivity index (χ3v) is 3.20. The Hall–Kier alpha value is -1.51. The van der Waals surface area contributed by atoms with Crippen molar-refractivity contribution >= 4 is 23.0 Å². The molecular weight excluding hydrogens is 246 g/mol. The molecule has 0 spiro atoms. The number of aliphatic hydroxyl groups excluding tert-OH is 1. The highest BCUT2D eigenvalue weighted by Gasteiger charge is 2.14. The van der Waals surface area contributed by atoms with Crippen LogP contribution in [0.5, 0.6) is 0 Å². The molecular formula is C15H16ClNO. The number of anilines is 2. The molecule has 2 aromatic carbocycles. The molecule has 2 rings (SSSR count). The van der Waals surface area contributed by atoms with Gasteiger partial charge in [-0.05, 0) is 25.1 Å². The lowest BCUT2D eigenvalue weighted by Gasteiger charge is -2.26. The second-order valence-corrected chi connectivity index (χ2v) is 4.39. The highest BCUT2D eigenvalue weighted by molar-refractivity contribution is 6.33. The van der Waals surface area contributed by atoms with Crippen LogP contribution in [0.4, 0.5) is 11.4 Å². The second kappa shape index (κ2) is 5.89. The summed E-state index contributed by atoms with van der Waals surface area (Å²) in [4.78, 5) is 2.11. The Morgan fingerprint density at radius 3 is 2.39 bits per heavy atom. The average Bonchev–Trinajstić information content (AvgIpc) is 2.42. The number of hydrogen-bond donors (Lipinski definition) is 1. The highest BCUT2D eigenvalue weighted by atomic mass is 35.5. The van der Waals surface area contributed by atoms with Crippen molar-refractivity contribution in [2.45, 2.75) is 13.5 Å². The maximum Gasteiger partial charge on any atom is 0.0702 e. The fourth-order valence-corrected chi connectivity index (χ4v) is 2.36. The smallest absolute Gasteiger partial charge is 0.0702 e. The predicted octanol–water partition coefficient (Wildman–Crippen LogP) is 3.99. The van der Waals surface area contributed by atoms with Crippen molar-refractivity contribution in [3.63, 3.8) is 0 Å². The minimum Gasteiger partial charge on any atom is -0.392 e. The normalized spacial score (nSPS) is 10.4. The summed E-state index contributed by atoms with van der Waals surface area (Å²) in [7, 11) is 0. The van der Waals surface area contributed by atoms with Gasteiger partial charge >= 0.3 is 0 Å². The van der Waals surface area contributed by atoms with Gasteiger partial charge in [-0.25, -0.2) is 0 Å². The predicted molar refractivity (Wildman–Crippen MR) is 76.5 cm³/mol. The van der Waals surface area contributed by atoms with Gasteiger partial charge in [-0.15, -0.1) is 0 Å². The van der Waals surface area contributed by atoms with Gasteiger partial charge in [0.1, 0.15) is 0 Å². The SMILES string of the molecule is CCN(c1ccccc1)c1c(Cl)cccc1CO. The van der Waals surface area contributed by atoms with Gasteiger partial charge in [0, 0.05) is 17.8 Å². The fraction of sp³-hybridized carbons (Fsp3) is 0.200. The monoisotopic (exact) mass is 261 g/mol. The van der Waals surface area contributed by atoms with E-state index >= 15 is 0 Å². The zero-order chi connectivity index (χ0) is 13.0. The molecule has 0 unspecified atom stereocenters. The molecule has 0 fully saturated rings. The molecule has 94 valence electrons. The van der Waals surface area contributed by atoms with E-state index in [-0.39, 0.29) is 6.61 Å². The van der Waals surface area contributed by atoms with Gasteiger partial charge in [-0.3, -0.25) is 0 Å². The van der Waals surface area contributed by atoms with Gasteiger partial charge in [0.25, 0.3) is 0 Å². The largest absolute Gasteiger partial charge is 0.392 e. The van der Waals surface area contributed by atoms with Gasteiger partial charge in [0.2, 0.25) is 0 Å². The zero-order valence-electron chi connectivity index (χ0n) is 10.3. The van der Waals surface area contributed by atoms with Crippen LogP contribution < -0.4 is 4.90 Å². The topological polar surface area (TPSA) is 23.5 Å². The van der Waals surface area contributed by atoms with Gasteiger partial charge in [-0.2, -0.15) is 0 Å². The van der Waals surface area contributed by atoms with Crippen molar-refractivity contribution in [1.82, 2.24) is 0 Å². The maximum absolute atomic E-state index is 9.45. The van der Waals surface area contributed by atoms with Crippen molar-refractivity contribution in [3.8, 4) is 0 Å². The lowest BCUT2D eigenvalue weighted by molar-refractivity contribution is 0.282. The van der Waals surface area contributed by atoms with Gasteiger partial charge in [0.05, 0.1) is 17.3 Å². The molecule has 0 aliphatic rings. The van der Waals surface area contributed by atoms with E-state index in [4.69, 9.17) is 11.6 Å². The van der Waals surface area contributed by atoms with Gasteiger partial charge < -0.3 is 10.0 Å². The number of nitrogens with zero attached hydrogens (tertiary/aromatic N) is 1. The molecule has 1 N–H and O–H groups in total. The van der Waals surface area contributed by atoms with Crippen LogP contribution in [-0.4, -0.2) is 11.7 Å². The maximum atomic E-state index is 9.45. The summed E-state index contributed by atoms with van der Waals surface area (Å²) in [6, 6.07) is 15.6. The van der Waals surface area contributed by atoms with Crippen molar-refractivity contribution in [3.05, 3.63) is 59.1 Å². The van der Waals surface area contributed by atoms with Crippen LogP contribution in [0.15, 0.2) is 48.5 Å². The van der Waals surface area contributed by atoms with Gasteiger partial charge in [0.15, 0.2) is 0 Å². The fourth-order valence-electron chi connectivity index (χ4n) is 2.07. The molecule has 0 atom stereocenters. The van der Waals surface area contributed by atoms with Crippen LogP contribution in [0, 0.1) is 0 Å². The van der Waals surface area contributed by atoms with Crippen molar-refractivity contribution in [2.75, 3.05) is 11.4 Å². The first-order valence-electron chi connectivity index (χ1n) is 5.98. The zero-order valence-corrected chi connectivity index (χ0v) is 11.1. The first kappa shape index (κ1) is 12.9. The lowest BCUT2D eigenvalue weighted by Crippen LogP contribution is -2.18. The van der Waals surface area contributed by atoms with Crippen molar-refractivity contribution in [2.24, 2.45) is 0 Å². The Kier molecular flexibility index (Phi) is 4.24. The number of rotatable bonds is 4. The summed E-state index contributed by atoms with van der Waals surface area (Å²) in [6.07, 6.45) is 0. The summed E-state index contributed by atoms with van der Waals surface area (Å²) < 4.78 is 0. The summed E-state index contributed by atoms with van der Waals surface area (Å²) >= 11 is 6.28. The molecule has 0 saturated heterocycles. The Labute approximate surface area is 112 Å². The van der Waals surface area contributed by atoms with Crippen molar-refractivity contribution in [1.29, 1.82) is 0 Å². The molecule has 0 heterocycles. The van der Waals surface area contributed by atoms with Crippen LogP contribution in [0.3, 0.4) is 0 Å². The molecule has 0 aromatic heterocycles. The molecule has 18 heavy (non-hydrogen) atoms. The van der Waals surface area contributed by atoms with Crippen LogP contribution in [-0.2, 0) is 6.61 Å². The number of aliphatic hydroxyl groups is 1. The number of benzene rings is 2. The van der Waals surface area contributed by atoms with Crippen LogP contribution in [0.2, 0.25) is 5.02 Å². The lowest BCUT2D eigenvalue weighted by atomic mass is 10.1. The minimum absolute atomic E-state index is 0.0147. The summed E-state index contributed by atoms with van der Waals surface area (Å²) in [5, 5.41) is 10.1. The molecule has 3 heteroatoms. The Bertz CT molecular complexity index is 513. The number of hydrogen-bond acceptors (Lipinski definition) is 2. The Balaban J connectivity index is 2.52. The van der Waals surface area contributed by atoms with E-state index in [2.05, 4.69) is 11.8 Å². The molecule has 0 saturated carbocycles. The summed E-state index contributed by atoms with van der Waals surface area (Å²) in [5.41, 5.74) is 2.80. The molecule has 2 aromatic rings. The second-order valence-electron chi connectivity index (χ2n) is 3.99. The van der Waals surface area contributed by atoms with E-state index in [1.165, 1.54) is 0 Å². The van der Waals surface area contributed by atoms with E-state index < -0.39 is 0 Å². The van der Waals surface area contributed by atoms with E-state index in [0.717, 1.165) is 23.5 Å². The summed E-state index contributed by atoms with van der Waals surface area (Å²) in [6.45, 7) is 2.84. The molecule has 2 nitrogen and oxygen atoms in total. The number of halogens is 1. The molecule has 0 amide bonds. The molecule has 0 aliphatic carbocycles. The quantitative estimate of drug-likeness (QED) is 0.900. The van der Waals surface area contributed by atoms with E-state index in [9.17, 15) is 5.11 Å². The van der Waals surface area contributed by atoms with Crippen molar-refractivity contribution < 1.29 is 5.11 Å². The van der Waals surface area contributed by atoms with Crippen LogP contribution in [0.25, 0.3) is 0 Å². The first-order valence-corrected chi connectivity index (χ1v) is 6.36. The van der Waals surface area contributed by atoms with Crippen LogP contribution >= 0.6 is 11.6 Å². The highest BCUT2D eigenvalue weighted by Crippen LogP contribution is 2.34. The minimum atomic E-state index is -0.0147. The molecule has 0 aliphatic heterocycles. The molecule has 0 bridgehead atoms. The van der Waals surface area contributed by atoms with E-state index in [0.29, 0.717) is 5.02 Å². The van der Waals surface area contributed by atoms with E-state index in [1.807, 2.05) is 48.5 Å². The first-order chi connectivity index (χ1) is 8.77. The van der Waals surface area contributed by atoms with E-state index in [1.54, 1.807) is 0 Å². The number of para-hydroxylation sites is 2. The van der Waals surface area contributed by atoms with Gasteiger partial charge in [-0.1, -0.05) is 41.9 Å². The summed E-state index contributed by atoms with van der Waals surface area (Å²) in [5.74, 6) is 0. The third-order valence-electron chi connectivity index (χ3n) is 2.89. The third kappa shape index (κ3) is 2.50. The molecule has 0 radical (unpaired) electrons. The van der Waals surface area contributed by atoms with Crippen LogP contribution in [0.1, 0.15) is 12.5 Å². The Morgan fingerprint density at radius 1 is 1.06 bits per heavy atom.